The summed E-state index contributed by atoms with van der Waals surface area (Å²) in [6.45, 7) is 4.25. The summed E-state index contributed by atoms with van der Waals surface area (Å²) in [4.78, 5) is 26.2. The molecule has 5 nitrogen and oxygen atoms in total. The van der Waals surface area contributed by atoms with Crippen molar-refractivity contribution in [2.24, 2.45) is 0 Å². The van der Waals surface area contributed by atoms with Gasteiger partial charge in [0.2, 0.25) is 5.91 Å². The van der Waals surface area contributed by atoms with Crippen LogP contribution in [0.15, 0.2) is 60.7 Å². The molecule has 2 aromatic rings. The van der Waals surface area contributed by atoms with E-state index in [1.54, 1.807) is 12.1 Å². The summed E-state index contributed by atoms with van der Waals surface area (Å²) in [5, 5.41) is 3.13. The first-order valence-electron chi connectivity index (χ1n) is 9.56. The summed E-state index contributed by atoms with van der Waals surface area (Å²) in [6, 6.07) is 19.1. The number of morpholine rings is 1. The number of hydrogen-bond acceptors (Lipinski definition) is 3. The maximum Gasteiger partial charge on any atom is 0.221 e. The van der Waals surface area contributed by atoms with Crippen molar-refractivity contribution in [2.75, 3.05) is 32.8 Å². The van der Waals surface area contributed by atoms with E-state index in [1.165, 1.54) is 4.90 Å². The minimum atomic E-state index is -0.0826. The van der Waals surface area contributed by atoms with E-state index in [1.807, 2.05) is 48.5 Å². The molecular weight excluding hydrogens is 340 g/mol. The Labute approximate surface area is 160 Å². The van der Waals surface area contributed by atoms with E-state index in [0.717, 1.165) is 38.4 Å². The molecule has 0 saturated carbocycles. The highest BCUT2D eigenvalue weighted by Gasteiger charge is 2.23. The van der Waals surface area contributed by atoms with Crippen LogP contribution in [0.25, 0.3) is 0 Å². The van der Waals surface area contributed by atoms with Gasteiger partial charge in [0, 0.05) is 18.4 Å². The van der Waals surface area contributed by atoms with Crippen LogP contribution in [-0.4, -0.2) is 44.5 Å². The van der Waals surface area contributed by atoms with E-state index in [0.29, 0.717) is 5.56 Å². The van der Waals surface area contributed by atoms with Crippen LogP contribution in [0.1, 0.15) is 34.8 Å². The number of carbonyl (C=O) groups is 2. The lowest BCUT2D eigenvalue weighted by Gasteiger charge is -2.28. The molecule has 1 heterocycles. The summed E-state index contributed by atoms with van der Waals surface area (Å²) in [5.41, 5.74) is 1.75. The van der Waals surface area contributed by atoms with E-state index in [4.69, 9.17) is 4.74 Å². The Morgan fingerprint density at radius 3 is 2.22 bits per heavy atom. The second kappa shape index (κ2) is 10.00. The molecule has 27 heavy (non-hydrogen) atoms. The zero-order valence-electron chi connectivity index (χ0n) is 15.5. The Morgan fingerprint density at radius 2 is 1.56 bits per heavy atom. The van der Waals surface area contributed by atoms with Gasteiger partial charge in [-0.15, -0.1) is 0 Å². The van der Waals surface area contributed by atoms with Gasteiger partial charge in [0.05, 0.1) is 13.2 Å². The van der Waals surface area contributed by atoms with Crippen molar-refractivity contribution in [1.82, 2.24) is 5.32 Å². The van der Waals surface area contributed by atoms with Gasteiger partial charge in [0.1, 0.15) is 25.7 Å². The summed E-state index contributed by atoms with van der Waals surface area (Å²) in [5.74, 6) is -0.0818. The maximum absolute atomic E-state index is 12.5. The molecule has 0 aromatic heterocycles. The first kappa shape index (κ1) is 19.3. The largest absolute Gasteiger partial charge is 0.370 e. The highest BCUT2D eigenvalue weighted by atomic mass is 16.5. The molecule has 1 amide bonds. The average molecular weight is 367 g/mol. The van der Waals surface area contributed by atoms with Crippen molar-refractivity contribution >= 4 is 11.7 Å². The number of hydrogen-bond donors (Lipinski definition) is 2. The fourth-order valence-corrected chi connectivity index (χ4v) is 3.35. The lowest BCUT2D eigenvalue weighted by molar-refractivity contribution is -0.909. The number of nitrogens with one attached hydrogen (secondary N) is 2. The van der Waals surface area contributed by atoms with Crippen LogP contribution in [0.5, 0.6) is 0 Å². The van der Waals surface area contributed by atoms with Gasteiger partial charge < -0.3 is 15.0 Å². The maximum atomic E-state index is 12.5. The second-order valence-electron chi connectivity index (χ2n) is 6.89. The van der Waals surface area contributed by atoms with E-state index in [-0.39, 0.29) is 30.6 Å². The van der Waals surface area contributed by atoms with Crippen LogP contribution in [0.4, 0.5) is 0 Å². The van der Waals surface area contributed by atoms with Gasteiger partial charge in [0.25, 0.3) is 0 Å². The number of Topliss-reactive ketones (excluding diaryl/α,β-unsaturated/α-hetero) is 1. The van der Waals surface area contributed by atoms with Gasteiger partial charge in [0.15, 0.2) is 5.78 Å². The van der Waals surface area contributed by atoms with Gasteiger partial charge >= 0.3 is 0 Å². The molecule has 0 bridgehead atoms. The molecule has 1 saturated heterocycles. The third kappa shape index (κ3) is 6.01. The Morgan fingerprint density at radius 1 is 0.926 bits per heavy atom. The highest BCUT2D eigenvalue weighted by molar-refractivity contribution is 5.97. The summed E-state index contributed by atoms with van der Waals surface area (Å²) < 4.78 is 5.43. The van der Waals surface area contributed by atoms with Crippen molar-refractivity contribution in [3.63, 3.8) is 0 Å². The molecule has 2 N–H and O–H groups in total. The predicted octanol–water partition coefficient (Wildman–Crippen LogP) is 1.42. The molecule has 3 rings (SSSR count). The van der Waals surface area contributed by atoms with E-state index in [9.17, 15) is 9.59 Å². The number of benzene rings is 2. The number of carbonyl (C=O) groups excluding carboxylic acids is 2. The van der Waals surface area contributed by atoms with E-state index >= 15 is 0 Å². The number of amides is 1. The van der Waals surface area contributed by atoms with E-state index in [2.05, 4.69) is 5.32 Å². The molecule has 0 unspecified atom stereocenters. The molecule has 0 spiro atoms. The average Bonchev–Trinajstić information content (AvgIpc) is 2.73. The van der Waals surface area contributed by atoms with Crippen LogP contribution < -0.4 is 10.2 Å². The standard InChI is InChI=1S/C22H26N2O3/c25-21(19-9-5-2-6-10-19)11-12-22(26)23-20(18-7-3-1-4-8-18)17-24-13-15-27-16-14-24/h1-10,20H,11-17H2,(H,23,26)/p+1/t20-/m1/s1. The Balaban J connectivity index is 1.57. The molecule has 142 valence electrons. The van der Waals surface area contributed by atoms with Crippen molar-refractivity contribution in [1.29, 1.82) is 0 Å². The molecule has 2 aromatic carbocycles. The third-order valence-corrected chi connectivity index (χ3v) is 4.90. The normalized spacial score (nSPS) is 15.9. The smallest absolute Gasteiger partial charge is 0.221 e. The first-order chi connectivity index (χ1) is 13.2. The molecule has 1 atom stereocenters. The summed E-state index contributed by atoms with van der Waals surface area (Å²) >= 11 is 0. The molecular formula is C22H27N2O3+. The molecule has 0 aliphatic carbocycles. The lowest BCUT2D eigenvalue weighted by Crippen LogP contribution is -3.14. The molecule has 1 aliphatic rings. The Kier molecular flexibility index (Phi) is 7.13. The van der Waals surface area contributed by atoms with E-state index < -0.39 is 0 Å². The van der Waals surface area contributed by atoms with Crippen LogP contribution in [-0.2, 0) is 9.53 Å². The van der Waals surface area contributed by atoms with Crippen LogP contribution in [0, 0.1) is 0 Å². The summed E-state index contributed by atoms with van der Waals surface area (Å²) in [7, 11) is 0. The van der Waals surface area contributed by atoms with Gasteiger partial charge in [-0.1, -0.05) is 60.7 Å². The third-order valence-electron chi connectivity index (χ3n) is 4.90. The summed E-state index contributed by atoms with van der Waals surface area (Å²) in [6.07, 6.45) is 0.428. The Bertz CT molecular complexity index is 728. The number of quaternary nitrogens is 1. The SMILES string of the molecule is O=C(CCC(=O)c1ccccc1)N[C@H](C[NH+]1CCOCC1)c1ccccc1. The van der Waals surface area contributed by atoms with Gasteiger partial charge in [-0.25, -0.2) is 0 Å². The number of ketones is 1. The van der Waals surface area contributed by atoms with Gasteiger partial charge in [-0.3, -0.25) is 9.59 Å². The fourth-order valence-electron chi connectivity index (χ4n) is 3.35. The minimum absolute atomic E-state index is 0.000755. The van der Waals surface area contributed by atoms with Crippen molar-refractivity contribution in [3.8, 4) is 0 Å². The Hall–Kier alpha value is -2.50. The van der Waals surface area contributed by atoms with Gasteiger partial charge in [-0.2, -0.15) is 0 Å². The minimum Gasteiger partial charge on any atom is -0.370 e. The molecule has 0 radical (unpaired) electrons. The van der Waals surface area contributed by atoms with Crippen molar-refractivity contribution < 1.29 is 19.2 Å². The topological polar surface area (TPSA) is 59.8 Å². The second-order valence-corrected chi connectivity index (χ2v) is 6.89. The van der Waals surface area contributed by atoms with Crippen molar-refractivity contribution in [2.45, 2.75) is 18.9 Å². The highest BCUT2D eigenvalue weighted by Crippen LogP contribution is 2.12. The fraction of sp³-hybridized carbons (Fsp3) is 0.364. The monoisotopic (exact) mass is 367 g/mol. The molecule has 5 heteroatoms. The first-order valence-corrected chi connectivity index (χ1v) is 9.56. The quantitative estimate of drug-likeness (QED) is 0.694. The van der Waals surface area contributed by atoms with Crippen LogP contribution >= 0.6 is 0 Å². The lowest BCUT2D eigenvalue weighted by atomic mass is 10.0. The van der Waals surface area contributed by atoms with Crippen LogP contribution in [0.2, 0.25) is 0 Å². The predicted molar refractivity (Wildman–Crippen MR) is 104 cm³/mol. The number of ether oxygens (including phenoxy) is 1. The van der Waals surface area contributed by atoms with Crippen molar-refractivity contribution in [3.05, 3.63) is 71.8 Å². The zero-order valence-corrected chi connectivity index (χ0v) is 15.5. The van der Waals surface area contributed by atoms with Crippen LogP contribution in [0.3, 0.4) is 0 Å². The molecule has 1 aliphatic heterocycles. The molecule has 1 fully saturated rings. The van der Waals surface area contributed by atoms with Gasteiger partial charge in [-0.05, 0) is 5.56 Å². The number of rotatable bonds is 8. The zero-order chi connectivity index (χ0) is 18.9.